The van der Waals surface area contributed by atoms with Gasteiger partial charge in [-0.3, -0.25) is 4.79 Å². The molecule has 6 heteroatoms. The highest BCUT2D eigenvalue weighted by Crippen LogP contribution is 2.46. The van der Waals surface area contributed by atoms with E-state index in [2.05, 4.69) is 6.58 Å². The number of rotatable bonds is 6. The van der Waals surface area contributed by atoms with Crippen LogP contribution in [0.15, 0.2) is 23.8 Å². The van der Waals surface area contributed by atoms with E-state index in [4.69, 9.17) is 14.2 Å². The van der Waals surface area contributed by atoms with Gasteiger partial charge in [-0.1, -0.05) is 32.1 Å². The average molecular weight is 380 g/mol. The van der Waals surface area contributed by atoms with Crippen molar-refractivity contribution in [2.75, 3.05) is 13.7 Å². The van der Waals surface area contributed by atoms with Crippen LogP contribution in [0.5, 0.6) is 0 Å². The first-order valence-corrected chi connectivity index (χ1v) is 9.70. The lowest BCUT2D eigenvalue weighted by atomic mass is 9.83. The van der Waals surface area contributed by atoms with Gasteiger partial charge in [0.05, 0.1) is 25.2 Å². The van der Waals surface area contributed by atoms with E-state index in [1.54, 1.807) is 0 Å². The fraction of sp³-hybridized carbons (Fsp3) is 0.714. The summed E-state index contributed by atoms with van der Waals surface area (Å²) in [5, 5.41) is 10.9. The highest BCUT2D eigenvalue weighted by atomic mass is 16.7. The number of carbonyl (C=O) groups is 2. The maximum absolute atomic E-state index is 12.1. The lowest BCUT2D eigenvalue weighted by molar-refractivity contribution is -0.151. The Morgan fingerprint density at radius 1 is 1.48 bits per heavy atom. The number of epoxide rings is 1. The highest BCUT2D eigenvalue weighted by Gasteiger charge is 2.62. The molecular formula is C21H32O6. The molecule has 0 aromatic heterocycles. The van der Waals surface area contributed by atoms with E-state index < -0.39 is 11.7 Å². The summed E-state index contributed by atoms with van der Waals surface area (Å²) in [7, 11) is 1.37. The Kier molecular flexibility index (Phi) is 7.23. The zero-order valence-electron chi connectivity index (χ0n) is 16.8. The number of aliphatic hydroxyl groups is 1. The third-order valence-electron chi connectivity index (χ3n) is 5.85. The fourth-order valence-electron chi connectivity index (χ4n) is 3.50. The second kappa shape index (κ2) is 9.02. The van der Waals surface area contributed by atoms with Gasteiger partial charge in [0.25, 0.3) is 0 Å². The summed E-state index contributed by atoms with van der Waals surface area (Å²) in [5.74, 6) is -0.805. The lowest BCUT2D eigenvalue weighted by Crippen LogP contribution is -2.40. The Bertz CT molecular complexity index is 610. The minimum absolute atomic E-state index is 0.00440. The van der Waals surface area contributed by atoms with Crippen LogP contribution in [0.3, 0.4) is 0 Å². The summed E-state index contributed by atoms with van der Waals surface area (Å²) >= 11 is 0. The van der Waals surface area contributed by atoms with Crippen LogP contribution in [-0.2, 0) is 23.8 Å². The van der Waals surface area contributed by atoms with Crippen LogP contribution in [0.4, 0.5) is 0 Å². The van der Waals surface area contributed by atoms with Gasteiger partial charge in [-0.15, -0.1) is 0 Å². The van der Waals surface area contributed by atoms with E-state index >= 15 is 0 Å². The van der Waals surface area contributed by atoms with E-state index in [0.717, 1.165) is 5.57 Å². The third-order valence-corrected chi connectivity index (χ3v) is 5.85. The molecule has 0 aromatic rings. The second-order valence-corrected chi connectivity index (χ2v) is 7.77. The maximum Gasteiger partial charge on any atom is 0.333 e. The number of ether oxygens (including phenoxy) is 3. The van der Waals surface area contributed by atoms with Crippen LogP contribution in [-0.4, -0.2) is 48.6 Å². The summed E-state index contributed by atoms with van der Waals surface area (Å²) in [6, 6.07) is 0. The monoisotopic (exact) mass is 380 g/mol. The highest BCUT2D eigenvalue weighted by molar-refractivity contribution is 5.88. The minimum atomic E-state index is -0.893. The predicted molar refractivity (Wildman–Crippen MR) is 101 cm³/mol. The van der Waals surface area contributed by atoms with Crippen molar-refractivity contribution in [1.82, 2.24) is 0 Å². The fourth-order valence-corrected chi connectivity index (χ4v) is 3.50. The van der Waals surface area contributed by atoms with Gasteiger partial charge in [0.15, 0.2) is 5.60 Å². The molecule has 5 atom stereocenters. The van der Waals surface area contributed by atoms with Crippen molar-refractivity contribution < 1.29 is 28.9 Å². The van der Waals surface area contributed by atoms with Crippen LogP contribution in [0, 0.1) is 11.8 Å². The van der Waals surface area contributed by atoms with E-state index in [9.17, 15) is 14.7 Å². The molecule has 0 saturated carbocycles. The zero-order valence-corrected chi connectivity index (χ0v) is 16.8. The normalized spacial score (nSPS) is 31.7. The minimum Gasteiger partial charge on any atom is -0.466 e. The Morgan fingerprint density at radius 3 is 2.78 bits per heavy atom. The summed E-state index contributed by atoms with van der Waals surface area (Å²) in [4.78, 5) is 24.1. The van der Waals surface area contributed by atoms with Gasteiger partial charge in [0, 0.05) is 5.57 Å². The van der Waals surface area contributed by atoms with Gasteiger partial charge >= 0.3 is 11.9 Å². The predicted octanol–water partition coefficient (Wildman–Crippen LogP) is 2.94. The van der Waals surface area contributed by atoms with Crippen LogP contribution in [0.1, 0.15) is 52.9 Å². The largest absolute Gasteiger partial charge is 0.466 e. The van der Waals surface area contributed by atoms with Crippen molar-refractivity contribution in [3.63, 3.8) is 0 Å². The van der Waals surface area contributed by atoms with Gasteiger partial charge < -0.3 is 19.3 Å². The van der Waals surface area contributed by atoms with Crippen molar-refractivity contribution in [3.8, 4) is 0 Å². The molecular weight excluding hydrogens is 348 g/mol. The van der Waals surface area contributed by atoms with Crippen molar-refractivity contribution in [2.45, 2.75) is 70.7 Å². The van der Waals surface area contributed by atoms with Crippen LogP contribution in [0.25, 0.3) is 0 Å². The molecule has 5 unspecified atom stereocenters. The molecule has 6 nitrogen and oxygen atoms in total. The van der Waals surface area contributed by atoms with E-state index in [0.29, 0.717) is 37.7 Å². The summed E-state index contributed by atoms with van der Waals surface area (Å²) in [6.45, 7) is 9.71. The summed E-state index contributed by atoms with van der Waals surface area (Å²) in [5.41, 5.74) is 0.648. The van der Waals surface area contributed by atoms with Crippen LogP contribution >= 0.6 is 0 Å². The van der Waals surface area contributed by atoms with E-state index in [1.807, 2.05) is 26.8 Å². The van der Waals surface area contributed by atoms with Crippen molar-refractivity contribution >= 4 is 11.9 Å². The molecule has 0 spiro atoms. The zero-order chi connectivity index (χ0) is 20.2. The number of carbonyl (C=O) groups excluding carboxylic acids is 2. The molecule has 152 valence electrons. The third kappa shape index (κ3) is 4.99. The molecule has 0 aromatic carbocycles. The Balaban J connectivity index is 2.17. The van der Waals surface area contributed by atoms with E-state index in [1.165, 1.54) is 7.11 Å². The summed E-state index contributed by atoms with van der Waals surface area (Å²) < 4.78 is 16.2. The first-order valence-electron chi connectivity index (χ1n) is 9.70. The quantitative estimate of drug-likeness (QED) is 0.433. The molecule has 1 saturated heterocycles. The number of allylic oxidation sites excluding steroid dienone is 2. The molecule has 27 heavy (non-hydrogen) atoms. The number of hydrogen-bond donors (Lipinski definition) is 1. The van der Waals surface area contributed by atoms with Gasteiger partial charge in [-0.05, 0) is 44.9 Å². The van der Waals surface area contributed by atoms with Gasteiger partial charge in [0.1, 0.15) is 6.61 Å². The van der Waals surface area contributed by atoms with Gasteiger partial charge in [0.2, 0.25) is 0 Å². The molecule has 0 amide bonds. The SMILES string of the molecule is C=C(C)C1CC=C(C(=O)OC)CCC2OC2(COC(=O)C(C)CC)C(O)C1. The molecule has 0 radical (unpaired) electrons. The maximum atomic E-state index is 12.1. The molecule has 1 aliphatic heterocycles. The molecule has 0 bridgehead atoms. The average Bonchev–Trinajstić information content (AvgIpc) is 3.37. The standard InChI is InChI=1S/C21H32O6/c1-6-14(4)19(23)26-12-21-17(22)11-16(13(2)3)8-7-15(20(24)25-5)9-10-18(21)27-21/h7,14,16-18,22H,2,6,8-12H2,1,3-5H3. The Hall–Kier alpha value is -1.66. The topological polar surface area (TPSA) is 85.4 Å². The molecule has 1 fully saturated rings. The second-order valence-electron chi connectivity index (χ2n) is 7.77. The smallest absolute Gasteiger partial charge is 0.333 e. The first kappa shape index (κ1) is 21.6. The number of methoxy groups -OCH3 is 1. The molecule has 1 N–H and O–H groups in total. The lowest BCUT2D eigenvalue weighted by Gasteiger charge is -2.26. The first-order chi connectivity index (χ1) is 12.7. The Morgan fingerprint density at radius 2 is 2.19 bits per heavy atom. The van der Waals surface area contributed by atoms with Crippen molar-refractivity contribution in [2.24, 2.45) is 11.8 Å². The van der Waals surface area contributed by atoms with E-state index in [-0.39, 0.29) is 36.5 Å². The number of fused-ring (bicyclic) bond motifs is 1. The molecule has 1 heterocycles. The summed E-state index contributed by atoms with van der Waals surface area (Å²) in [6.07, 6.45) is 3.67. The van der Waals surface area contributed by atoms with Gasteiger partial charge in [-0.25, -0.2) is 4.79 Å². The number of esters is 2. The number of aliphatic hydroxyl groups excluding tert-OH is 1. The number of hydrogen-bond acceptors (Lipinski definition) is 6. The van der Waals surface area contributed by atoms with Crippen molar-refractivity contribution in [1.29, 1.82) is 0 Å². The van der Waals surface area contributed by atoms with Gasteiger partial charge in [-0.2, -0.15) is 0 Å². The van der Waals surface area contributed by atoms with Crippen molar-refractivity contribution in [3.05, 3.63) is 23.8 Å². The van der Waals surface area contributed by atoms with Crippen LogP contribution in [0.2, 0.25) is 0 Å². The van der Waals surface area contributed by atoms with Crippen LogP contribution < -0.4 is 0 Å². The Labute approximate surface area is 161 Å². The molecule has 2 aliphatic rings. The molecule has 2 rings (SSSR count). The molecule has 1 aliphatic carbocycles.